The topological polar surface area (TPSA) is 132 Å². The van der Waals surface area contributed by atoms with Crippen molar-refractivity contribution in [3.05, 3.63) is 53.6 Å². The summed E-state index contributed by atoms with van der Waals surface area (Å²) in [6.45, 7) is 3.89. The van der Waals surface area contributed by atoms with Crippen LogP contribution in [0.3, 0.4) is 0 Å². The number of carbonyl (C=O) groups excluding carboxylic acids is 1. The molecule has 0 unspecified atom stereocenters. The second kappa shape index (κ2) is 10.8. The summed E-state index contributed by atoms with van der Waals surface area (Å²) in [7, 11) is 3.89. The van der Waals surface area contributed by atoms with Crippen LogP contribution in [-0.4, -0.2) is 95.2 Å². The van der Waals surface area contributed by atoms with Gasteiger partial charge in [0.2, 0.25) is 6.29 Å². The van der Waals surface area contributed by atoms with Crippen molar-refractivity contribution in [1.82, 2.24) is 10.2 Å². The Morgan fingerprint density at radius 2 is 1.88 bits per heavy atom. The van der Waals surface area contributed by atoms with Crippen LogP contribution in [0.1, 0.15) is 22.8 Å². The van der Waals surface area contributed by atoms with Gasteiger partial charge in [-0.3, -0.25) is 4.79 Å². The van der Waals surface area contributed by atoms with E-state index >= 15 is 0 Å². The largest absolute Gasteiger partial charge is 0.461 e. The average molecular weight is 475 g/mol. The summed E-state index contributed by atoms with van der Waals surface area (Å²) in [4.78, 5) is 14.5. The van der Waals surface area contributed by atoms with E-state index in [1.807, 2.05) is 56.3 Å². The molecule has 2 aromatic carbocycles. The predicted octanol–water partition coefficient (Wildman–Crippen LogP) is 0.522. The van der Waals surface area contributed by atoms with E-state index in [9.17, 15) is 25.2 Å². The fourth-order valence-electron chi connectivity index (χ4n) is 3.78. The zero-order chi connectivity index (χ0) is 25.0. The third-order valence-electron chi connectivity index (χ3n) is 5.97. The minimum absolute atomic E-state index is 0.142. The molecule has 3 rings (SSSR count). The maximum Gasteiger partial charge on any atom is 0.251 e. The number of aliphatic hydroxyl groups excluding tert-OH is 3. The van der Waals surface area contributed by atoms with Crippen molar-refractivity contribution in [2.45, 2.75) is 44.1 Å². The Kier molecular flexibility index (Phi) is 8.29. The Hall–Kier alpha value is -2.53. The lowest BCUT2D eigenvalue weighted by atomic mass is 9.88. The van der Waals surface area contributed by atoms with E-state index in [1.54, 1.807) is 12.1 Å². The van der Waals surface area contributed by atoms with Crippen LogP contribution >= 0.6 is 0 Å². The highest BCUT2D eigenvalue weighted by atomic mass is 16.7. The van der Waals surface area contributed by atoms with Crippen molar-refractivity contribution in [2.75, 3.05) is 33.8 Å². The number of ether oxygens (including phenoxy) is 2. The highest BCUT2D eigenvalue weighted by molar-refractivity contribution is 5.95. The molecule has 0 bridgehead atoms. The highest BCUT2D eigenvalue weighted by Crippen LogP contribution is 2.34. The van der Waals surface area contributed by atoms with Crippen molar-refractivity contribution >= 4 is 5.91 Å². The van der Waals surface area contributed by atoms with Crippen molar-refractivity contribution in [1.29, 1.82) is 0 Å². The standard InChI is InChI=1S/C25H34N2O7/c1-15-12-17(16-6-5-7-18(13-16)23(31)26-10-11-27(3)4)8-9-19(15)33-24-25(2,32)22(30)21(29)20(14-28)34-24/h5-9,12-13,20-22,24,28-30,32H,10-11,14H2,1-4H3,(H,26,31)/t20-,21-,22+,24+,25+/m1/s1. The van der Waals surface area contributed by atoms with Gasteiger partial charge in [-0.05, 0) is 68.9 Å². The van der Waals surface area contributed by atoms with Gasteiger partial charge in [0.05, 0.1) is 6.61 Å². The Labute approximate surface area is 199 Å². The van der Waals surface area contributed by atoms with E-state index in [-0.39, 0.29) is 5.91 Å². The molecule has 2 aromatic rings. The molecule has 0 aromatic heterocycles. The molecular weight excluding hydrogens is 440 g/mol. The van der Waals surface area contributed by atoms with Gasteiger partial charge in [0, 0.05) is 18.7 Å². The van der Waals surface area contributed by atoms with Crippen molar-refractivity contribution in [3.8, 4) is 16.9 Å². The molecule has 0 spiro atoms. The normalized spacial score (nSPS) is 27.0. The first-order valence-electron chi connectivity index (χ1n) is 11.2. The molecule has 5 atom stereocenters. The van der Waals surface area contributed by atoms with Crippen LogP contribution < -0.4 is 10.1 Å². The molecule has 9 heteroatoms. The molecule has 1 aliphatic heterocycles. The number of amides is 1. The molecule has 186 valence electrons. The lowest BCUT2D eigenvalue weighted by Crippen LogP contribution is -2.66. The average Bonchev–Trinajstić information content (AvgIpc) is 2.80. The molecule has 5 N–H and O–H groups in total. The van der Waals surface area contributed by atoms with Crippen LogP contribution in [0.4, 0.5) is 0 Å². The molecular formula is C25H34N2O7. The molecule has 1 fully saturated rings. The van der Waals surface area contributed by atoms with Gasteiger partial charge in [0.15, 0.2) is 5.60 Å². The number of hydrogen-bond acceptors (Lipinski definition) is 8. The van der Waals surface area contributed by atoms with Crippen LogP contribution in [0.15, 0.2) is 42.5 Å². The summed E-state index contributed by atoms with van der Waals surface area (Å²) < 4.78 is 11.4. The van der Waals surface area contributed by atoms with Gasteiger partial charge in [-0.2, -0.15) is 0 Å². The second-order valence-electron chi connectivity index (χ2n) is 9.09. The van der Waals surface area contributed by atoms with Gasteiger partial charge in [-0.1, -0.05) is 18.2 Å². The number of hydrogen-bond donors (Lipinski definition) is 5. The minimum atomic E-state index is -1.90. The van der Waals surface area contributed by atoms with Crippen molar-refractivity contribution in [2.24, 2.45) is 0 Å². The molecule has 1 heterocycles. The number of likely N-dealkylation sites (N-methyl/N-ethyl adjacent to an activating group) is 1. The SMILES string of the molecule is Cc1cc(-c2cccc(C(=O)NCCN(C)C)c2)ccc1O[C@H]1O[C@H](CO)[C@@H](O)[C@H](O)[C@]1(C)O. The van der Waals surface area contributed by atoms with Crippen molar-refractivity contribution in [3.63, 3.8) is 0 Å². The fourth-order valence-corrected chi connectivity index (χ4v) is 3.78. The van der Waals surface area contributed by atoms with E-state index in [1.165, 1.54) is 6.92 Å². The smallest absolute Gasteiger partial charge is 0.251 e. The number of carbonyl (C=O) groups is 1. The monoisotopic (exact) mass is 474 g/mol. The predicted molar refractivity (Wildman–Crippen MR) is 127 cm³/mol. The van der Waals surface area contributed by atoms with E-state index in [0.717, 1.165) is 23.2 Å². The molecule has 0 aliphatic carbocycles. The Morgan fingerprint density at radius 3 is 2.53 bits per heavy atom. The third-order valence-corrected chi connectivity index (χ3v) is 5.97. The van der Waals surface area contributed by atoms with Crippen molar-refractivity contribution < 1.29 is 34.7 Å². The summed E-state index contributed by atoms with van der Waals surface area (Å²) in [6.07, 6.45) is -5.40. The van der Waals surface area contributed by atoms with Gasteiger partial charge in [-0.25, -0.2) is 0 Å². The molecule has 1 aliphatic rings. The number of rotatable bonds is 8. The molecule has 0 saturated carbocycles. The number of benzene rings is 2. The first-order chi connectivity index (χ1) is 16.0. The van der Waals surface area contributed by atoms with E-state index in [4.69, 9.17) is 9.47 Å². The fraction of sp³-hybridized carbons (Fsp3) is 0.480. The molecule has 9 nitrogen and oxygen atoms in total. The van der Waals surface area contributed by atoms with Crippen LogP contribution in [0.2, 0.25) is 0 Å². The van der Waals surface area contributed by atoms with E-state index in [0.29, 0.717) is 17.9 Å². The lowest BCUT2D eigenvalue weighted by molar-refractivity contribution is -0.314. The second-order valence-corrected chi connectivity index (χ2v) is 9.09. The summed E-state index contributed by atoms with van der Waals surface area (Å²) in [5.41, 5.74) is 1.12. The van der Waals surface area contributed by atoms with Gasteiger partial charge < -0.3 is 40.1 Å². The van der Waals surface area contributed by atoms with Crippen LogP contribution in [0.25, 0.3) is 11.1 Å². The molecule has 1 saturated heterocycles. The van der Waals surface area contributed by atoms with Gasteiger partial charge >= 0.3 is 0 Å². The van der Waals surface area contributed by atoms with Gasteiger partial charge in [0.1, 0.15) is 24.1 Å². The highest BCUT2D eigenvalue weighted by Gasteiger charge is 2.53. The summed E-state index contributed by atoms with van der Waals surface area (Å²) in [5.74, 6) is 0.267. The zero-order valence-electron chi connectivity index (χ0n) is 19.9. The first kappa shape index (κ1) is 26.1. The zero-order valence-corrected chi connectivity index (χ0v) is 19.9. The third kappa shape index (κ3) is 5.75. The Bertz CT molecular complexity index is 995. The lowest BCUT2D eigenvalue weighted by Gasteiger charge is -2.45. The first-order valence-corrected chi connectivity index (χ1v) is 11.2. The van der Waals surface area contributed by atoms with Gasteiger partial charge in [-0.15, -0.1) is 0 Å². The molecule has 1 amide bonds. The Morgan fingerprint density at radius 1 is 1.18 bits per heavy atom. The number of nitrogens with one attached hydrogen (secondary N) is 1. The van der Waals surface area contributed by atoms with Crippen LogP contribution in [0, 0.1) is 6.92 Å². The van der Waals surface area contributed by atoms with Gasteiger partial charge in [0.25, 0.3) is 5.91 Å². The summed E-state index contributed by atoms with van der Waals surface area (Å²) in [6, 6.07) is 12.7. The Balaban J connectivity index is 1.76. The maximum atomic E-state index is 12.5. The maximum absolute atomic E-state index is 12.5. The number of aryl methyl sites for hydroxylation is 1. The number of nitrogens with zero attached hydrogens (tertiary/aromatic N) is 1. The molecule has 0 radical (unpaired) electrons. The number of aliphatic hydroxyl groups is 4. The van der Waals surface area contributed by atoms with E-state index < -0.39 is 36.8 Å². The quantitative estimate of drug-likeness (QED) is 0.374. The van der Waals surface area contributed by atoms with Crippen LogP contribution in [0.5, 0.6) is 5.75 Å². The summed E-state index contributed by atoms with van der Waals surface area (Å²) >= 11 is 0. The molecule has 34 heavy (non-hydrogen) atoms. The van der Waals surface area contributed by atoms with Crippen LogP contribution in [-0.2, 0) is 4.74 Å². The minimum Gasteiger partial charge on any atom is -0.461 e. The summed E-state index contributed by atoms with van der Waals surface area (Å²) in [5, 5.41) is 43.3. The van der Waals surface area contributed by atoms with E-state index in [2.05, 4.69) is 5.32 Å².